The summed E-state index contributed by atoms with van der Waals surface area (Å²) >= 11 is 1.66. The Hall–Kier alpha value is -0.660. The third kappa shape index (κ3) is 5.23. The van der Waals surface area contributed by atoms with E-state index in [0.717, 1.165) is 30.3 Å². The van der Waals surface area contributed by atoms with Crippen LogP contribution in [0.25, 0.3) is 0 Å². The van der Waals surface area contributed by atoms with Gasteiger partial charge in [-0.3, -0.25) is 0 Å². The monoisotopic (exact) mass is 331 g/mol. The van der Waals surface area contributed by atoms with E-state index in [1.165, 1.54) is 12.8 Å². The highest BCUT2D eigenvalue weighted by atomic mass is 32.2. The summed E-state index contributed by atoms with van der Waals surface area (Å²) in [5.74, 6) is 0.406. The van der Waals surface area contributed by atoms with Gasteiger partial charge in [0.2, 0.25) is 10.0 Å². The first-order chi connectivity index (χ1) is 10.00. The molecule has 0 spiro atoms. The van der Waals surface area contributed by atoms with Gasteiger partial charge in [-0.15, -0.1) is 11.3 Å². The maximum absolute atomic E-state index is 11.9. The second-order valence-corrected chi connectivity index (χ2v) is 8.44. The number of hydrogen-bond donors (Lipinski definition) is 1. The zero-order valence-corrected chi connectivity index (χ0v) is 14.5. The van der Waals surface area contributed by atoms with Gasteiger partial charge in [-0.1, -0.05) is 20.3 Å². The molecule has 0 aliphatic carbocycles. The Morgan fingerprint density at radius 1 is 1.43 bits per heavy atom. The lowest BCUT2D eigenvalue weighted by molar-refractivity contribution is 0.552. The van der Waals surface area contributed by atoms with Crippen molar-refractivity contribution in [1.29, 1.82) is 0 Å². The number of aromatic nitrogens is 1. The molecule has 5 nitrogen and oxygen atoms in total. The normalized spacial score (nSPS) is 17.3. The van der Waals surface area contributed by atoms with E-state index in [2.05, 4.69) is 14.6 Å². The predicted octanol–water partition coefficient (Wildman–Crippen LogP) is 2.25. The van der Waals surface area contributed by atoms with E-state index in [4.69, 9.17) is 0 Å². The van der Waals surface area contributed by atoms with E-state index in [9.17, 15) is 8.42 Å². The first-order valence-electron chi connectivity index (χ1n) is 7.67. The van der Waals surface area contributed by atoms with Gasteiger partial charge in [-0.25, -0.2) is 18.1 Å². The Labute approximate surface area is 131 Å². The summed E-state index contributed by atoms with van der Waals surface area (Å²) in [6, 6.07) is 0. The number of nitrogens with zero attached hydrogens (tertiary/aromatic N) is 2. The van der Waals surface area contributed by atoms with Crippen LogP contribution in [0.4, 0.5) is 5.13 Å². The van der Waals surface area contributed by atoms with Crippen LogP contribution in [-0.4, -0.2) is 38.8 Å². The molecule has 0 unspecified atom stereocenters. The highest BCUT2D eigenvalue weighted by molar-refractivity contribution is 7.89. The van der Waals surface area contributed by atoms with E-state index < -0.39 is 10.0 Å². The molecular weight excluding hydrogens is 306 g/mol. The van der Waals surface area contributed by atoms with Crippen LogP contribution in [0.2, 0.25) is 0 Å². The first-order valence-corrected chi connectivity index (χ1v) is 10.2. The Morgan fingerprint density at radius 2 is 2.14 bits per heavy atom. The number of rotatable bonds is 8. The van der Waals surface area contributed by atoms with Crippen molar-refractivity contribution >= 4 is 26.5 Å². The van der Waals surface area contributed by atoms with Crippen molar-refractivity contribution in [3.8, 4) is 0 Å². The highest BCUT2D eigenvalue weighted by Gasteiger charge is 2.16. The van der Waals surface area contributed by atoms with E-state index >= 15 is 0 Å². The molecule has 21 heavy (non-hydrogen) atoms. The van der Waals surface area contributed by atoms with Crippen LogP contribution in [0.3, 0.4) is 0 Å². The zero-order chi connectivity index (χ0) is 15.3. The van der Waals surface area contributed by atoms with Crippen LogP contribution in [-0.2, 0) is 16.4 Å². The van der Waals surface area contributed by atoms with E-state index in [1.54, 1.807) is 11.3 Å². The van der Waals surface area contributed by atoms with Crippen LogP contribution < -0.4 is 9.62 Å². The molecule has 1 saturated heterocycles. The standard InChI is InChI=1S/C14H25N3O2S2/c1-3-12(2)11-21(18,19)15-7-6-13-10-20-14(16-13)17-8-4-5-9-17/h10,12,15H,3-9,11H2,1-2H3/t12-/m1/s1. The summed E-state index contributed by atoms with van der Waals surface area (Å²) in [6.07, 6.45) is 4.02. The van der Waals surface area contributed by atoms with Crippen molar-refractivity contribution in [2.45, 2.75) is 39.5 Å². The van der Waals surface area contributed by atoms with Gasteiger partial charge in [0.05, 0.1) is 11.4 Å². The third-order valence-electron chi connectivity index (χ3n) is 3.82. The van der Waals surface area contributed by atoms with Crippen molar-refractivity contribution in [3.05, 3.63) is 11.1 Å². The fraction of sp³-hybridized carbons (Fsp3) is 0.786. The maximum atomic E-state index is 11.9. The van der Waals surface area contributed by atoms with E-state index in [1.807, 2.05) is 19.2 Å². The molecule has 1 fully saturated rings. The summed E-state index contributed by atoms with van der Waals surface area (Å²) < 4.78 is 26.4. The number of nitrogens with one attached hydrogen (secondary N) is 1. The average molecular weight is 332 g/mol. The minimum atomic E-state index is -3.16. The second-order valence-electron chi connectivity index (χ2n) is 5.75. The van der Waals surface area contributed by atoms with Gasteiger partial charge < -0.3 is 4.90 Å². The molecule has 0 amide bonds. The Bertz CT molecular complexity index is 536. The van der Waals surface area contributed by atoms with Crippen molar-refractivity contribution < 1.29 is 8.42 Å². The molecule has 2 rings (SSSR count). The third-order valence-corrected chi connectivity index (χ3v) is 6.42. The minimum absolute atomic E-state index is 0.198. The maximum Gasteiger partial charge on any atom is 0.211 e. The smallest absolute Gasteiger partial charge is 0.211 e. The fourth-order valence-electron chi connectivity index (χ4n) is 2.35. The van der Waals surface area contributed by atoms with Crippen molar-refractivity contribution in [3.63, 3.8) is 0 Å². The largest absolute Gasteiger partial charge is 0.348 e. The fourth-order valence-corrected chi connectivity index (χ4v) is 4.78. The Balaban J connectivity index is 1.78. The molecule has 0 aromatic carbocycles. The van der Waals surface area contributed by atoms with Crippen LogP contribution in [0.15, 0.2) is 5.38 Å². The lowest BCUT2D eigenvalue weighted by Crippen LogP contribution is -2.30. The van der Waals surface area contributed by atoms with Crippen LogP contribution in [0.1, 0.15) is 38.8 Å². The molecule has 1 aliphatic rings. The van der Waals surface area contributed by atoms with Gasteiger partial charge in [0, 0.05) is 31.4 Å². The van der Waals surface area contributed by atoms with Gasteiger partial charge in [-0.2, -0.15) is 0 Å². The summed E-state index contributed by atoms with van der Waals surface area (Å²) in [5, 5.41) is 3.11. The van der Waals surface area contributed by atoms with Crippen molar-refractivity contribution in [2.24, 2.45) is 5.92 Å². The SMILES string of the molecule is CC[C@@H](C)CS(=O)(=O)NCCc1csc(N2CCCC2)n1. The van der Waals surface area contributed by atoms with Crippen LogP contribution in [0.5, 0.6) is 0 Å². The lowest BCUT2D eigenvalue weighted by atomic mass is 10.2. The summed E-state index contributed by atoms with van der Waals surface area (Å²) in [4.78, 5) is 6.91. The quantitative estimate of drug-likeness (QED) is 0.793. The molecule has 1 aromatic rings. The Kier molecular flexibility index (Phi) is 6.01. The van der Waals surface area contributed by atoms with Crippen molar-refractivity contribution in [1.82, 2.24) is 9.71 Å². The molecule has 7 heteroatoms. The summed E-state index contributed by atoms with van der Waals surface area (Å²) in [6.45, 7) is 6.59. The second kappa shape index (κ2) is 7.56. The molecule has 120 valence electrons. The van der Waals surface area contributed by atoms with Gasteiger partial charge in [0.1, 0.15) is 0 Å². The van der Waals surface area contributed by atoms with E-state index in [-0.39, 0.29) is 11.7 Å². The number of sulfonamides is 1. The number of anilines is 1. The zero-order valence-electron chi connectivity index (χ0n) is 12.8. The molecule has 2 heterocycles. The van der Waals surface area contributed by atoms with Crippen molar-refractivity contribution in [2.75, 3.05) is 30.3 Å². The molecule has 0 saturated carbocycles. The molecule has 0 radical (unpaired) electrons. The number of thiazole rings is 1. The average Bonchev–Trinajstić information content (AvgIpc) is 3.08. The van der Waals surface area contributed by atoms with Crippen LogP contribution in [0, 0.1) is 5.92 Å². The van der Waals surface area contributed by atoms with Gasteiger partial charge in [0.25, 0.3) is 0 Å². The number of hydrogen-bond acceptors (Lipinski definition) is 5. The van der Waals surface area contributed by atoms with Gasteiger partial charge in [0.15, 0.2) is 5.13 Å². The van der Waals surface area contributed by atoms with Crippen LogP contribution >= 0.6 is 11.3 Å². The molecule has 0 bridgehead atoms. The molecule has 1 atom stereocenters. The lowest BCUT2D eigenvalue weighted by Gasteiger charge is -2.12. The predicted molar refractivity (Wildman–Crippen MR) is 88.5 cm³/mol. The summed E-state index contributed by atoms with van der Waals surface area (Å²) in [7, 11) is -3.16. The van der Waals surface area contributed by atoms with Gasteiger partial charge in [-0.05, 0) is 18.8 Å². The molecule has 1 aliphatic heterocycles. The minimum Gasteiger partial charge on any atom is -0.348 e. The molecule has 1 N–H and O–H groups in total. The van der Waals surface area contributed by atoms with E-state index in [0.29, 0.717) is 13.0 Å². The molecular formula is C14H25N3O2S2. The molecule has 1 aromatic heterocycles. The highest BCUT2D eigenvalue weighted by Crippen LogP contribution is 2.24. The topological polar surface area (TPSA) is 62.3 Å². The Morgan fingerprint density at radius 3 is 2.81 bits per heavy atom. The first kappa shape index (κ1) is 16.7. The van der Waals surface area contributed by atoms with Gasteiger partial charge >= 0.3 is 0 Å². The summed E-state index contributed by atoms with van der Waals surface area (Å²) in [5.41, 5.74) is 0.980.